The van der Waals surface area contributed by atoms with Crippen LogP contribution in [0, 0.1) is 5.92 Å². The van der Waals surface area contributed by atoms with Gasteiger partial charge in [0.2, 0.25) is 0 Å². The lowest BCUT2D eigenvalue weighted by Gasteiger charge is -2.28. The van der Waals surface area contributed by atoms with Crippen LogP contribution in [-0.4, -0.2) is 62.2 Å². The van der Waals surface area contributed by atoms with Crippen LogP contribution in [0.5, 0.6) is 0 Å². The van der Waals surface area contributed by atoms with E-state index in [2.05, 4.69) is 64.3 Å². The minimum absolute atomic E-state index is 0.282. The lowest BCUT2D eigenvalue weighted by Crippen LogP contribution is -2.31. The van der Waals surface area contributed by atoms with E-state index in [1.54, 1.807) is 0 Å². The van der Waals surface area contributed by atoms with Crippen molar-refractivity contribution < 1.29 is 0 Å². The highest BCUT2D eigenvalue weighted by atomic mass is 15.6. The van der Waals surface area contributed by atoms with Crippen LogP contribution < -0.4 is 0 Å². The molecule has 2 aromatic heterocycles. The second kappa shape index (κ2) is 7.36. The van der Waals surface area contributed by atoms with E-state index in [-0.39, 0.29) is 6.04 Å². The Balaban J connectivity index is 1.67. The molecule has 3 rings (SSSR count). The van der Waals surface area contributed by atoms with Gasteiger partial charge in [-0.25, -0.2) is 4.68 Å². The van der Waals surface area contributed by atoms with E-state index in [0.717, 1.165) is 25.5 Å². The van der Waals surface area contributed by atoms with Crippen molar-refractivity contribution in [3.63, 3.8) is 0 Å². The number of aromatic nitrogens is 5. The summed E-state index contributed by atoms with van der Waals surface area (Å²) in [5.41, 5.74) is 1.31. The first-order valence-corrected chi connectivity index (χ1v) is 8.61. The molecule has 7 heteroatoms. The minimum Gasteiger partial charge on any atom is -0.299 e. The molecule has 2 aromatic rings. The van der Waals surface area contributed by atoms with Gasteiger partial charge in [0.1, 0.15) is 0 Å². The highest BCUT2D eigenvalue weighted by Crippen LogP contribution is 2.36. The highest BCUT2D eigenvalue weighted by Gasteiger charge is 2.33. The molecule has 1 fully saturated rings. The van der Waals surface area contributed by atoms with Gasteiger partial charge in [0.05, 0.1) is 12.6 Å². The maximum absolute atomic E-state index is 4.30. The molecule has 0 saturated carbocycles. The number of pyridine rings is 1. The van der Waals surface area contributed by atoms with Crippen molar-refractivity contribution in [3.05, 3.63) is 35.9 Å². The van der Waals surface area contributed by atoms with E-state index in [4.69, 9.17) is 0 Å². The molecule has 1 aliphatic heterocycles. The van der Waals surface area contributed by atoms with Crippen LogP contribution in [0.2, 0.25) is 0 Å². The van der Waals surface area contributed by atoms with E-state index >= 15 is 0 Å². The third-order valence-corrected chi connectivity index (χ3v) is 4.81. The van der Waals surface area contributed by atoms with E-state index in [9.17, 15) is 0 Å². The van der Waals surface area contributed by atoms with Crippen molar-refractivity contribution >= 4 is 0 Å². The monoisotopic (exact) mass is 329 g/mol. The van der Waals surface area contributed by atoms with Crippen molar-refractivity contribution in [1.29, 1.82) is 0 Å². The first kappa shape index (κ1) is 17.0. The maximum atomic E-state index is 4.30. The zero-order valence-corrected chi connectivity index (χ0v) is 15.0. The average Bonchev–Trinajstić information content (AvgIpc) is 3.15. The predicted molar refractivity (Wildman–Crippen MR) is 92.3 cm³/mol. The van der Waals surface area contributed by atoms with Crippen molar-refractivity contribution in [2.45, 2.75) is 38.9 Å². The lowest BCUT2D eigenvalue weighted by atomic mass is 9.94. The van der Waals surface area contributed by atoms with E-state index in [1.807, 2.05) is 23.1 Å². The van der Waals surface area contributed by atoms with E-state index in [0.29, 0.717) is 12.0 Å². The van der Waals surface area contributed by atoms with Gasteiger partial charge in [-0.15, -0.1) is 5.10 Å². The largest absolute Gasteiger partial charge is 0.299 e. The highest BCUT2D eigenvalue weighted by molar-refractivity contribution is 5.17. The number of hydrogen-bond acceptors (Lipinski definition) is 6. The van der Waals surface area contributed by atoms with Gasteiger partial charge in [-0.2, -0.15) is 0 Å². The topological polar surface area (TPSA) is 63.0 Å². The number of hydrogen-bond donors (Lipinski definition) is 0. The van der Waals surface area contributed by atoms with Crippen molar-refractivity contribution in [3.8, 4) is 0 Å². The number of nitrogens with zero attached hydrogens (tertiary/aromatic N) is 7. The Morgan fingerprint density at radius 1 is 1.38 bits per heavy atom. The number of tetrazole rings is 1. The van der Waals surface area contributed by atoms with Crippen molar-refractivity contribution in [2.24, 2.45) is 5.92 Å². The molecule has 2 atom stereocenters. The fourth-order valence-electron chi connectivity index (χ4n) is 3.72. The van der Waals surface area contributed by atoms with Crippen LogP contribution in [0.1, 0.15) is 43.7 Å². The molecule has 0 N–H and O–H groups in total. The molecule has 0 spiro atoms. The van der Waals surface area contributed by atoms with Crippen LogP contribution >= 0.6 is 0 Å². The minimum atomic E-state index is 0.282. The van der Waals surface area contributed by atoms with Crippen LogP contribution in [0.15, 0.2) is 24.5 Å². The first-order valence-electron chi connectivity index (χ1n) is 8.61. The predicted octanol–water partition coefficient (Wildman–Crippen LogP) is 1.77. The normalized spacial score (nSPS) is 21.9. The molecule has 1 saturated heterocycles. The summed E-state index contributed by atoms with van der Waals surface area (Å²) in [6.07, 6.45) is 5.04. The first-order chi connectivity index (χ1) is 11.6. The third kappa shape index (κ3) is 3.62. The molecule has 0 aliphatic carbocycles. The molecule has 0 radical (unpaired) electrons. The molecule has 7 nitrogen and oxygen atoms in total. The quantitative estimate of drug-likeness (QED) is 0.805. The molecule has 3 heterocycles. The zero-order valence-electron chi connectivity index (χ0n) is 15.0. The van der Waals surface area contributed by atoms with Gasteiger partial charge in [-0.3, -0.25) is 14.8 Å². The molecule has 0 unspecified atom stereocenters. The zero-order chi connectivity index (χ0) is 17.1. The Morgan fingerprint density at radius 3 is 2.92 bits per heavy atom. The Hall–Kier alpha value is -1.86. The van der Waals surface area contributed by atoms with Crippen LogP contribution in [-0.2, 0) is 6.54 Å². The molecule has 0 amide bonds. The lowest BCUT2D eigenvalue weighted by molar-refractivity contribution is 0.208. The summed E-state index contributed by atoms with van der Waals surface area (Å²) in [5.74, 6) is 1.52. The molecule has 1 aliphatic rings. The Morgan fingerprint density at radius 2 is 2.21 bits per heavy atom. The Bertz CT molecular complexity index is 639. The summed E-state index contributed by atoms with van der Waals surface area (Å²) in [5, 5.41) is 12.1. The smallest absolute Gasteiger partial charge is 0.165 e. The third-order valence-electron chi connectivity index (χ3n) is 4.81. The summed E-state index contributed by atoms with van der Waals surface area (Å²) in [6.45, 7) is 7.12. The van der Waals surface area contributed by atoms with Gasteiger partial charge in [0, 0.05) is 25.0 Å². The fraction of sp³-hybridized carbons (Fsp3) is 0.647. The van der Waals surface area contributed by atoms with Gasteiger partial charge in [0.15, 0.2) is 5.82 Å². The summed E-state index contributed by atoms with van der Waals surface area (Å²) in [7, 11) is 4.36. The van der Waals surface area contributed by atoms with Gasteiger partial charge >= 0.3 is 0 Å². The second-order valence-corrected chi connectivity index (χ2v) is 7.09. The van der Waals surface area contributed by atoms with E-state index < -0.39 is 0 Å². The average molecular weight is 329 g/mol. The van der Waals surface area contributed by atoms with Gasteiger partial charge in [0.25, 0.3) is 0 Å². The van der Waals surface area contributed by atoms with Crippen LogP contribution in [0.3, 0.4) is 0 Å². The second-order valence-electron chi connectivity index (χ2n) is 7.09. The number of rotatable bonds is 6. The Labute approximate surface area is 143 Å². The molecule has 130 valence electrons. The van der Waals surface area contributed by atoms with Gasteiger partial charge in [-0.1, -0.05) is 6.07 Å². The molecular formula is C17H27N7. The molecular weight excluding hydrogens is 302 g/mol. The fourth-order valence-corrected chi connectivity index (χ4v) is 3.72. The maximum Gasteiger partial charge on any atom is 0.165 e. The van der Waals surface area contributed by atoms with Crippen molar-refractivity contribution in [2.75, 3.05) is 27.2 Å². The molecule has 0 aromatic carbocycles. The SMILES string of the molecule is CC(C)n1nnnc1CN(C)C[C@@H]1CCN(C)[C@H]1c1cccnc1. The number of likely N-dealkylation sites (tertiary alicyclic amines) is 1. The molecule has 24 heavy (non-hydrogen) atoms. The van der Waals surface area contributed by atoms with Crippen LogP contribution in [0.25, 0.3) is 0 Å². The summed E-state index contributed by atoms with van der Waals surface area (Å²) >= 11 is 0. The van der Waals surface area contributed by atoms with E-state index in [1.165, 1.54) is 12.0 Å². The van der Waals surface area contributed by atoms with Crippen LogP contribution in [0.4, 0.5) is 0 Å². The Kier molecular flexibility index (Phi) is 5.20. The van der Waals surface area contributed by atoms with Crippen molar-refractivity contribution in [1.82, 2.24) is 35.0 Å². The summed E-state index contributed by atoms with van der Waals surface area (Å²) in [6, 6.07) is 4.93. The summed E-state index contributed by atoms with van der Waals surface area (Å²) < 4.78 is 1.90. The van der Waals surface area contributed by atoms with Gasteiger partial charge < -0.3 is 0 Å². The summed E-state index contributed by atoms with van der Waals surface area (Å²) in [4.78, 5) is 9.07. The van der Waals surface area contributed by atoms with Gasteiger partial charge in [-0.05, 0) is 68.9 Å². The standard InChI is InChI=1S/C17H27N7/c1-13(2)24-16(19-20-21-24)12-22(3)11-15-7-9-23(4)17(15)14-6-5-8-18-10-14/h5-6,8,10,13,15,17H,7,9,11-12H2,1-4H3/t15-,17-/m0/s1. The molecule has 0 bridgehead atoms.